The van der Waals surface area contributed by atoms with E-state index in [1.807, 2.05) is 12.1 Å². The maximum atomic E-state index is 8.43. The Bertz CT molecular complexity index is 442. The summed E-state index contributed by atoms with van der Waals surface area (Å²) in [6.45, 7) is 0. The van der Waals surface area contributed by atoms with Crippen molar-refractivity contribution >= 4 is 0 Å². The molecule has 0 aromatic carbocycles. The Labute approximate surface area is 95.4 Å². The number of nitrogens with zero attached hydrogens (tertiary/aromatic N) is 3. The molecule has 0 atom stereocenters. The smallest absolute Gasteiger partial charge is 0.0908 e. The van der Waals surface area contributed by atoms with Crippen LogP contribution in [0.3, 0.4) is 0 Å². The second-order valence-electron chi connectivity index (χ2n) is 4.87. The summed E-state index contributed by atoms with van der Waals surface area (Å²) >= 11 is 0. The van der Waals surface area contributed by atoms with Crippen molar-refractivity contribution in [2.45, 2.75) is 37.6 Å². The third-order valence-electron chi connectivity index (χ3n) is 3.59. The van der Waals surface area contributed by atoms with Crippen LogP contribution in [0.1, 0.15) is 43.3 Å². The van der Waals surface area contributed by atoms with Gasteiger partial charge < -0.3 is 0 Å². The van der Waals surface area contributed by atoms with E-state index in [9.17, 15) is 0 Å². The minimum absolute atomic E-state index is 0.556. The van der Waals surface area contributed by atoms with Crippen LogP contribution in [0.5, 0.6) is 0 Å². The standard InChI is InChI=1S/C13H15N3/c14-6-1-2-10-8-12(9-10)16-7-5-13(15-16)11-3-4-11/h1-2,5,7,10-12H,3-4,8-9H2. The van der Waals surface area contributed by atoms with Crippen LogP contribution < -0.4 is 0 Å². The molecule has 2 fully saturated rings. The van der Waals surface area contributed by atoms with Crippen LogP contribution in [0.4, 0.5) is 0 Å². The summed E-state index contributed by atoms with van der Waals surface area (Å²) in [5, 5.41) is 13.1. The highest BCUT2D eigenvalue weighted by molar-refractivity contribution is 5.14. The number of allylic oxidation sites excluding steroid dienone is 2. The molecule has 1 aromatic rings. The van der Waals surface area contributed by atoms with E-state index >= 15 is 0 Å². The van der Waals surface area contributed by atoms with E-state index < -0.39 is 0 Å². The fourth-order valence-corrected chi connectivity index (χ4v) is 2.34. The van der Waals surface area contributed by atoms with Gasteiger partial charge in [0.1, 0.15) is 0 Å². The molecule has 0 radical (unpaired) electrons. The molecule has 0 N–H and O–H groups in total. The largest absolute Gasteiger partial charge is 0.269 e. The van der Waals surface area contributed by atoms with Crippen molar-refractivity contribution in [2.24, 2.45) is 5.92 Å². The molecule has 3 nitrogen and oxygen atoms in total. The Kier molecular flexibility index (Phi) is 2.28. The van der Waals surface area contributed by atoms with Crippen molar-refractivity contribution in [3.8, 4) is 6.07 Å². The summed E-state index contributed by atoms with van der Waals surface area (Å²) < 4.78 is 2.12. The lowest BCUT2D eigenvalue weighted by atomic mass is 9.80. The average molecular weight is 213 g/mol. The first-order valence-corrected chi connectivity index (χ1v) is 5.98. The Morgan fingerprint density at radius 3 is 2.94 bits per heavy atom. The average Bonchev–Trinajstić information content (AvgIpc) is 2.97. The molecule has 1 heterocycles. The fourth-order valence-electron chi connectivity index (χ4n) is 2.34. The summed E-state index contributed by atoms with van der Waals surface area (Å²) in [6.07, 6.45) is 10.6. The van der Waals surface area contributed by atoms with Gasteiger partial charge in [0, 0.05) is 18.2 Å². The molecule has 3 heteroatoms. The van der Waals surface area contributed by atoms with E-state index in [-0.39, 0.29) is 0 Å². The predicted octanol–water partition coefficient (Wildman–Crippen LogP) is 2.79. The maximum Gasteiger partial charge on any atom is 0.0908 e. The van der Waals surface area contributed by atoms with Crippen molar-refractivity contribution in [3.63, 3.8) is 0 Å². The molecule has 0 spiro atoms. The first-order chi connectivity index (χ1) is 7.86. The summed E-state index contributed by atoms with van der Waals surface area (Å²) in [7, 11) is 0. The van der Waals surface area contributed by atoms with Gasteiger partial charge in [0.2, 0.25) is 0 Å². The molecule has 82 valence electrons. The highest BCUT2D eigenvalue weighted by Gasteiger charge is 2.31. The quantitative estimate of drug-likeness (QED) is 0.724. The lowest BCUT2D eigenvalue weighted by molar-refractivity contribution is 0.223. The zero-order valence-electron chi connectivity index (χ0n) is 9.21. The summed E-state index contributed by atoms with van der Waals surface area (Å²) in [6, 6.07) is 4.76. The molecule has 0 unspecified atom stereocenters. The van der Waals surface area contributed by atoms with Crippen LogP contribution in [0, 0.1) is 17.2 Å². The van der Waals surface area contributed by atoms with Gasteiger partial charge in [-0.2, -0.15) is 10.4 Å². The second kappa shape index (κ2) is 3.79. The van der Waals surface area contributed by atoms with Crippen LogP contribution in [0.25, 0.3) is 0 Å². The highest BCUT2D eigenvalue weighted by atomic mass is 15.3. The minimum Gasteiger partial charge on any atom is -0.269 e. The van der Waals surface area contributed by atoms with Crippen molar-refractivity contribution < 1.29 is 0 Å². The van der Waals surface area contributed by atoms with Gasteiger partial charge in [0.05, 0.1) is 17.8 Å². The molecule has 0 bridgehead atoms. The number of rotatable bonds is 3. The molecular formula is C13H15N3. The monoisotopic (exact) mass is 213 g/mol. The van der Waals surface area contributed by atoms with Gasteiger partial charge in [-0.25, -0.2) is 0 Å². The highest BCUT2D eigenvalue weighted by Crippen LogP contribution is 2.41. The van der Waals surface area contributed by atoms with Crippen LogP contribution in [-0.2, 0) is 0 Å². The third kappa shape index (κ3) is 1.76. The summed E-state index contributed by atoms with van der Waals surface area (Å²) in [5.41, 5.74) is 1.27. The van der Waals surface area contributed by atoms with Gasteiger partial charge in [-0.1, -0.05) is 6.08 Å². The normalized spacial score (nSPS) is 28.9. The Morgan fingerprint density at radius 1 is 1.44 bits per heavy atom. The number of hydrogen-bond donors (Lipinski definition) is 0. The maximum absolute atomic E-state index is 8.43. The summed E-state index contributed by atoms with van der Waals surface area (Å²) in [4.78, 5) is 0. The zero-order valence-corrected chi connectivity index (χ0v) is 9.21. The van der Waals surface area contributed by atoms with Gasteiger partial charge in [-0.3, -0.25) is 4.68 Å². The zero-order chi connectivity index (χ0) is 11.0. The van der Waals surface area contributed by atoms with Crippen molar-refractivity contribution in [1.82, 2.24) is 9.78 Å². The van der Waals surface area contributed by atoms with E-state index in [1.54, 1.807) is 6.08 Å². The number of hydrogen-bond acceptors (Lipinski definition) is 2. The molecule has 0 aliphatic heterocycles. The van der Waals surface area contributed by atoms with Gasteiger partial charge in [-0.05, 0) is 37.7 Å². The molecule has 1 aromatic heterocycles. The first-order valence-electron chi connectivity index (χ1n) is 5.98. The van der Waals surface area contributed by atoms with E-state index in [2.05, 4.69) is 22.0 Å². The van der Waals surface area contributed by atoms with Gasteiger partial charge >= 0.3 is 0 Å². The Morgan fingerprint density at radius 2 is 2.25 bits per heavy atom. The molecular weight excluding hydrogens is 198 g/mol. The fraction of sp³-hybridized carbons (Fsp3) is 0.538. The summed E-state index contributed by atoms with van der Waals surface area (Å²) in [5.74, 6) is 1.33. The lowest BCUT2D eigenvalue weighted by Crippen LogP contribution is -2.25. The third-order valence-corrected chi connectivity index (χ3v) is 3.59. The SMILES string of the molecule is N#CC=CC1CC(n2ccc(C3CC3)n2)C1. The van der Waals surface area contributed by atoms with Crippen LogP contribution in [0.2, 0.25) is 0 Å². The predicted molar refractivity (Wildman–Crippen MR) is 60.7 cm³/mol. The number of aromatic nitrogens is 2. The molecule has 2 aliphatic carbocycles. The van der Waals surface area contributed by atoms with Gasteiger partial charge in [-0.15, -0.1) is 0 Å². The Balaban J connectivity index is 1.59. The molecule has 2 aliphatic rings. The van der Waals surface area contributed by atoms with Crippen LogP contribution >= 0.6 is 0 Å². The van der Waals surface area contributed by atoms with Gasteiger partial charge in [0.25, 0.3) is 0 Å². The van der Waals surface area contributed by atoms with E-state index in [0.29, 0.717) is 12.0 Å². The molecule has 2 saturated carbocycles. The van der Waals surface area contributed by atoms with E-state index in [4.69, 9.17) is 5.26 Å². The minimum atomic E-state index is 0.556. The van der Waals surface area contributed by atoms with Crippen molar-refractivity contribution in [2.75, 3.05) is 0 Å². The lowest BCUT2D eigenvalue weighted by Gasteiger charge is -2.33. The molecule has 0 amide bonds. The van der Waals surface area contributed by atoms with Crippen molar-refractivity contribution in [1.29, 1.82) is 5.26 Å². The first kappa shape index (κ1) is 9.65. The van der Waals surface area contributed by atoms with E-state index in [1.165, 1.54) is 18.5 Å². The van der Waals surface area contributed by atoms with Crippen LogP contribution in [-0.4, -0.2) is 9.78 Å². The Hall–Kier alpha value is -1.56. The second-order valence-corrected chi connectivity index (χ2v) is 4.87. The molecule has 16 heavy (non-hydrogen) atoms. The van der Waals surface area contributed by atoms with Crippen molar-refractivity contribution in [3.05, 3.63) is 30.1 Å². The van der Waals surface area contributed by atoms with Crippen LogP contribution in [0.15, 0.2) is 24.4 Å². The molecule has 3 rings (SSSR count). The number of nitriles is 1. The van der Waals surface area contributed by atoms with Gasteiger partial charge in [0.15, 0.2) is 0 Å². The topological polar surface area (TPSA) is 41.6 Å². The van der Waals surface area contributed by atoms with E-state index in [0.717, 1.165) is 18.8 Å². The molecule has 0 saturated heterocycles.